The van der Waals surface area contributed by atoms with Crippen molar-refractivity contribution in [2.45, 2.75) is 31.8 Å². The van der Waals surface area contributed by atoms with Gasteiger partial charge in [-0.3, -0.25) is 14.6 Å². The van der Waals surface area contributed by atoms with Gasteiger partial charge in [-0.1, -0.05) is 24.3 Å². The molecule has 2 fully saturated rings. The Labute approximate surface area is 181 Å². The minimum absolute atomic E-state index is 0.0156. The number of rotatable bonds is 5. The van der Waals surface area contributed by atoms with Crippen LogP contribution in [0.5, 0.6) is 0 Å². The SMILES string of the molecule is O=C(NC1CCN(C(=O)Nc2ccccc2)CC1)C1CC(=O)N(Cc2ccccn2)C1. The number of amides is 4. The molecule has 1 aromatic heterocycles. The molecule has 4 amide bonds. The van der Waals surface area contributed by atoms with Crippen molar-refractivity contribution in [1.29, 1.82) is 0 Å². The van der Waals surface area contributed by atoms with Crippen molar-refractivity contribution in [3.05, 3.63) is 60.4 Å². The number of nitrogens with zero attached hydrogens (tertiary/aromatic N) is 3. The average Bonchev–Trinajstić information content (AvgIpc) is 3.16. The van der Waals surface area contributed by atoms with Gasteiger partial charge < -0.3 is 20.4 Å². The molecule has 2 saturated heterocycles. The summed E-state index contributed by atoms with van der Waals surface area (Å²) in [6.45, 7) is 2.01. The molecule has 0 aliphatic carbocycles. The van der Waals surface area contributed by atoms with Crippen molar-refractivity contribution in [3.63, 3.8) is 0 Å². The molecule has 0 saturated carbocycles. The molecule has 162 valence electrons. The second-order valence-electron chi connectivity index (χ2n) is 8.06. The van der Waals surface area contributed by atoms with Crippen LogP contribution in [0.25, 0.3) is 0 Å². The zero-order valence-corrected chi connectivity index (χ0v) is 17.4. The summed E-state index contributed by atoms with van der Waals surface area (Å²) in [4.78, 5) is 45.2. The number of carbonyl (C=O) groups excluding carboxylic acids is 3. The lowest BCUT2D eigenvalue weighted by atomic mass is 10.0. The minimum Gasteiger partial charge on any atom is -0.353 e. The second-order valence-corrected chi connectivity index (χ2v) is 8.06. The average molecular weight is 422 g/mol. The van der Waals surface area contributed by atoms with Gasteiger partial charge >= 0.3 is 6.03 Å². The number of nitrogens with one attached hydrogen (secondary N) is 2. The van der Waals surface area contributed by atoms with Crippen LogP contribution in [-0.2, 0) is 16.1 Å². The van der Waals surface area contributed by atoms with Crippen LogP contribution < -0.4 is 10.6 Å². The van der Waals surface area contributed by atoms with Crippen molar-refractivity contribution in [2.75, 3.05) is 25.0 Å². The van der Waals surface area contributed by atoms with E-state index in [1.54, 1.807) is 16.0 Å². The maximum atomic E-state index is 12.7. The molecular weight excluding hydrogens is 394 g/mol. The van der Waals surface area contributed by atoms with Crippen LogP contribution in [0.3, 0.4) is 0 Å². The van der Waals surface area contributed by atoms with Crippen molar-refractivity contribution in [2.24, 2.45) is 5.92 Å². The summed E-state index contributed by atoms with van der Waals surface area (Å²) in [5.74, 6) is -0.433. The fraction of sp³-hybridized carbons (Fsp3) is 0.391. The van der Waals surface area contributed by atoms with E-state index in [0.29, 0.717) is 39.0 Å². The fourth-order valence-electron chi connectivity index (χ4n) is 4.06. The molecule has 2 aromatic rings. The first-order chi connectivity index (χ1) is 15.1. The molecule has 2 aliphatic heterocycles. The van der Waals surface area contributed by atoms with Gasteiger partial charge in [0.15, 0.2) is 0 Å². The summed E-state index contributed by atoms with van der Waals surface area (Å²) >= 11 is 0. The highest BCUT2D eigenvalue weighted by atomic mass is 16.2. The highest BCUT2D eigenvalue weighted by Gasteiger charge is 2.35. The minimum atomic E-state index is -0.337. The lowest BCUT2D eigenvalue weighted by Gasteiger charge is -2.32. The van der Waals surface area contributed by atoms with Gasteiger partial charge in [0.1, 0.15) is 0 Å². The summed E-state index contributed by atoms with van der Waals surface area (Å²) in [6.07, 6.45) is 3.34. The second kappa shape index (κ2) is 9.59. The van der Waals surface area contributed by atoms with Crippen LogP contribution in [0, 0.1) is 5.92 Å². The number of likely N-dealkylation sites (tertiary alicyclic amines) is 2. The van der Waals surface area contributed by atoms with Gasteiger partial charge in [-0.25, -0.2) is 4.79 Å². The fourth-order valence-corrected chi connectivity index (χ4v) is 4.06. The van der Waals surface area contributed by atoms with E-state index in [9.17, 15) is 14.4 Å². The van der Waals surface area contributed by atoms with Gasteiger partial charge in [-0.2, -0.15) is 0 Å². The van der Waals surface area contributed by atoms with Crippen LogP contribution in [0.15, 0.2) is 54.7 Å². The van der Waals surface area contributed by atoms with Crippen LogP contribution in [-0.4, -0.2) is 58.3 Å². The van der Waals surface area contributed by atoms with Gasteiger partial charge in [0.25, 0.3) is 0 Å². The Hall–Kier alpha value is -3.42. The first-order valence-corrected chi connectivity index (χ1v) is 10.7. The number of carbonyl (C=O) groups is 3. The van der Waals surface area contributed by atoms with Gasteiger partial charge in [-0.15, -0.1) is 0 Å². The van der Waals surface area contributed by atoms with E-state index in [1.165, 1.54) is 0 Å². The number of urea groups is 1. The summed E-state index contributed by atoms with van der Waals surface area (Å²) in [5.41, 5.74) is 1.59. The molecule has 0 radical (unpaired) electrons. The first-order valence-electron chi connectivity index (χ1n) is 10.7. The number of anilines is 1. The van der Waals surface area contributed by atoms with Crippen LogP contribution in [0.4, 0.5) is 10.5 Å². The Kier molecular flexibility index (Phi) is 6.45. The van der Waals surface area contributed by atoms with E-state index in [0.717, 1.165) is 11.4 Å². The quantitative estimate of drug-likeness (QED) is 0.774. The van der Waals surface area contributed by atoms with E-state index in [-0.39, 0.29) is 36.2 Å². The Morgan fingerprint density at radius 1 is 1.03 bits per heavy atom. The molecule has 2 aliphatic rings. The molecule has 3 heterocycles. The number of piperidine rings is 1. The summed E-state index contributed by atoms with van der Waals surface area (Å²) < 4.78 is 0. The highest BCUT2D eigenvalue weighted by molar-refractivity contribution is 5.90. The van der Waals surface area contributed by atoms with E-state index in [2.05, 4.69) is 15.6 Å². The molecule has 1 atom stereocenters. The normalized spacial score (nSPS) is 19.4. The molecule has 1 aromatic carbocycles. The Morgan fingerprint density at radius 2 is 1.77 bits per heavy atom. The molecule has 8 heteroatoms. The molecule has 31 heavy (non-hydrogen) atoms. The number of hydrogen-bond donors (Lipinski definition) is 2. The predicted octanol–water partition coefficient (Wildman–Crippen LogP) is 2.24. The van der Waals surface area contributed by atoms with Gasteiger partial charge in [-0.05, 0) is 37.1 Å². The van der Waals surface area contributed by atoms with Crippen molar-refractivity contribution in [3.8, 4) is 0 Å². The smallest absolute Gasteiger partial charge is 0.321 e. The van der Waals surface area contributed by atoms with E-state index in [1.807, 2.05) is 48.5 Å². The van der Waals surface area contributed by atoms with E-state index < -0.39 is 0 Å². The maximum Gasteiger partial charge on any atom is 0.321 e. The predicted molar refractivity (Wildman–Crippen MR) is 116 cm³/mol. The molecule has 4 rings (SSSR count). The number of para-hydroxylation sites is 1. The Balaban J connectivity index is 1.22. The van der Waals surface area contributed by atoms with Crippen LogP contribution in [0.1, 0.15) is 25.0 Å². The Bertz CT molecular complexity index is 913. The lowest BCUT2D eigenvalue weighted by molar-refractivity contribution is -0.129. The van der Waals surface area contributed by atoms with Crippen LogP contribution >= 0.6 is 0 Å². The summed E-state index contributed by atoms with van der Waals surface area (Å²) in [6, 6.07) is 14.9. The summed E-state index contributed by atoms with van der Waals surface area (Å²) in [7, 11) is 0. The summed E-state index contributed by atoms with van der Waals surface area (Å²) in [5, 5.41) is 5.98. The molecule has 1 unspecified atom stereocenters. The highest BCUT2D eigenvalue weighted by Crippen LogP contribution is 2.21. The molecule has 2 N–H and O–H groups in total. The maximum absolute atomic E-state index is 12.7. The number of aromatic nitrogens is 1. The third kappa shape index (κ3) is 5.39. The number of benzene rings is 1. The molecular formula is C23H27N5O3. The van der Waals surface area contributed by atoms with Crippen molar-refractivity contribution in [1.82, 2.24) is 20.1 Å². The third-order valence-electron chi connectivity index (χ3n) is 5.82. The lowest BCUT2D eigenvalue weighted by Crippen LogP contribution is -2.49. The van der Waals surface area contributed by atoms with Gasteiger partial charge in [0, 0.05) is 44.0 Å². The zero-order valence-electron chi connectivity index (χ0n) is 17.4. The monoisotopic (exact) mass is 421 g/mol. The molecule has 0 bridgehead atoms. The topological polar surface area (TPSA) is 94.6 Å². The van der Waals surface area contributed by atoms with E-state index >= 15 is 0 Å². The van der Waals surface area contributed by atoms with Gasteiger partial charge in [0.2, 0.25) is 11.8 Å². The number of hydrogen-bond acceptors (Lipinski definition) is 4. The standard InChI is InChI=1S/C23H27N5O3/c29-21-14-17(15-28(21)16-20-8-4-5-11-24-20)22(30)25-19-9-12-27(13-10-19)23(31)26-18-6-2-1-3-7-18/h1-8,11,17,19H,9-10,12-16H2,(H,25,30)(H,26,31). The zero-order chi connectivity index (χ0) is 21.6. The third-order valence-corrected chi connectivity index (χ3v) is 5.82. The largest absolute Gasteiger partial charge is 0.353 e. The molecule has 8 nitrogen and oxygen atoms in total. The van der Waals surface area contributed by atoms with Gasteiger partial charge in [0.05, 0.1) is 18.2 Å². The first kappa shape index (κ1) is 20.8. The Morgan fingerprint density at radius 3 is 2.48 bits per heavy atom. The van der Waals surface area contributed by atoms with Crippen LogP contribution in [0.2, 0.25) is 0 Å². The van der Waals surface area contributed by atoms with E-state index in [4.69, 9.17) is 0 Å². The number of pyridine rings is 1. The van der Waals surface area contributed by atoms with Crippen molar-refractivity contribution < 1.29 is 14.4 Å². The molecule has 0 spiro atoms. The van der Waals surface area contributed by atoms with Crippen molar-refractivity contribution >= 4 is 23.5 Å².